The van der Waals surface area contributed by atoms with Crippen molar-refractivity contribution in [3.63, 3.8) is 0 Å². The first-order valence-electron chi connectivity index (χ1n) is 2.88. The smallest absolute Gasteiger partial charge is 0.0284 e. The first-order valence-corrected chi connectivity index (χ1v) is 4.17. The number of hydrogen-bond acceptors (Lipinski definition) is 0. The molecule has 42 valence electrons. The van der Waals surface area contributed by atoms with Crippen LogP contribution in [0.5, 0.6) is 0 Å². The van der Waals surface area contributed by atoms with Crippen molar-refractivity contribution in [2.75, 3.05) is 6.16 Å². The van der Waals surface area contributed by atoms with Crippen LogP contribution in [0.1, 0.15) is 20.3 Å². The first kappa shape index (κ1) is 7.17. The van der Waals surface area contributed by atoms with E-state index in [0.29, 0.717) is 0 Å². The van der Waals surface area contributed by atoms with Crippen molar-refractivity contribution in [3.8, 4) is 0 Å². The highest BCUT2D eigenvalue weighted by molar-refractivity contribution is 7.42. The van der Waals surface area contributed by atoms with E-state index in [1.54, 1.807) is 0 Å². The molecule has 0 aliphatic carbocycles. The fraction of sp³-hybridized carbons (Fsp3) is 0.667. The molecule has 0 aromatic carbocycles. The zero-order valence-electron chi connectivity index (χ0n) is 5.07. The maximum Gasteiger partial charge on any atom is -0.0284 e. The summed E-state index contributed by atoms with van der Waals surface area (Å²) >= 11 is 0. The van der Waals surface area contributed by atoms with E-state index < -0.39 is 0 Å². The van der Waals surface area contributed by atoms with Gasteiger partial charge in [-0.2, -0.15) is 0 Å². The Labute approximate surface area is 47.8 Å². The van der Waals surface area contributed by atoms with Gasteiger partial charge in [-0.3, -0.25) is 0 Å². The van der Waals surface area contributed by atoms with E-state index in [-0.39, 0.29) is 0 Å². The fourth-order valence-corrected chi connectivity index (χ4v) is 1.25. The summed E-state index contributed by atoms with van der Waals surface area (Å²) in [6, 6.07) is 0. The molecular formula is C6H13P. The standard InChI is InChI=1S/C4H7P.C2H6/c1-2-4-5-3-1;1-2/h1,3,5H,2,4H2;1-2H3. The summed E-state index contributed by atoms with van der Waals surface area (Å²) in [7, 11) is 1.13. The Kier molecular flexibility index (Phi) is 6.32. The van der Waals surface area contributed by atoms with Gasteiger partial charge in [0.25, 0.3) is 0 Å². The lowest BCUT2D eigenvalue weighted by Crippen LogP contribution is -1.54. The molecule has 0 radical (unpaired) electrons. The van der Waals surface area contributed by atoms with Crippen LogP contribution in [0.4, 0.5) is 0 Å². The molecule has 0 nitrogen and oxygen atoms in total. The van der Waals surface area contributed by atoms with Gasteiger partial charge in [-0.1, -0.05) is 34.3 Å². The van der Waals surface area contributed by atoms with E-state index >= 15 is 0 Å². The van der Waals surface area contributed by atoms with Gasteiger partial charge >= 0.3 is 0 Å². The SMILES string of the molecule is C1=CPCC1.CC. The molecule has 0 spiro atoms. The molecule has 0 fully saturated rings. The molecule has 1 unspecified atom stereocenters. The lowest BCUT2D eigenvalue weighted by atomic mass is 10.5. The second kappa shape index (κ2) is 6.17. The molecule has 0 aromatic heterocycles. The van der Waals surface area contributed by atoms with Crippen LogP contribution >= 0.6 is 8.58 Å². The van der Waals surface area contributed by atoms with Crippen LogP contribution < -0.4 is 0 Å². The highest BCUT2D eigenvalue weighted by Crippen LogP contribution is 2.19. The molecule has 0 saturated carbocycles. The topological polar surface area (TPSA) is 0 Å². The van der Waals surface area contributed by atoms with Crippen molar-refractivity contribution < 1.29 is 0 Å². The minimum absolute atomic E-state index is 1.13. The third-order valence-electron chi connectivity index (χ3n) is 0.691. The molecule has 0 bridgehead atoms. The molecule has 7 heavy (non-hydrogen) atoms. The molecule has 0 N–H and O–H groups in total. The summed E-state index contributed by atoms with van der Waals surface area (Å²) in [5.74, 6) is 2.26. The van der Waals surface area contributed by atoms with Crippen LogP contribution in [-0.2, 0) is 0 Å². The van der Waals surface area contributed by atoms with E-state index in [2.05, 4.69) is 11.9 Å². The Bertz CT molecular complexity index is 42.1. The van der Waals surface area contributed by atoms with Gasteiger partial charge < -0.3 is 0 Å². The van der Waals surface area contributed by atoms with Crippen LogP contribution in [0.3, 0.4) is 0 Å². The molecule has 1 aliphatic rings. The van der Waals surface area contributed by atoms with Crippen molar-refractivity contribution in [1.29, 1.82) is 0 Å². The molecule has 1 heterocycles. The minimum Gasteiger partial charge on any atom is -0.0984 e. The van der Waals surface area contributed by atoms with Crippen molar-refractivity contribution >= 4 is 8.58 Å². The monoisotopic (exact) mass is 116 g/mol. The lowest BCUT2D eigenvalue weighted by Gasteiger charge is -1.69. The second-order valence-corrected chi connectivity index (χ2v) is 2.39. The number of hydrogen-bond donors (Lipinski definition) is 0. The Hall–Kier alpha value is 0.170. The Balaban J connectivity index is 0.000000162. The van der Waals surface area contributed by atoms with Gasteiger partial charge in [-0.25, -0.2) is 0 Å². The summed E-state index contributed by atoms with van der Waals surface area (Å²) < 4.78 is 0. The van der Waals surface area contributed by atoms with Crippen molar-refractivity contribution in [3.05, 3.63) is 11.9 Å². The summed E-state index contributed by atoms with van der Waals surface area (Å²) in [6.45, 7) is 4.00. The third-order valence-corrected chi connectivity index (χ3v) is 1.74. The predicted octanol–water partition coefficient (Wildman–Crippen LogP) is 2.61. The summed E-state index contributed by atoms with van der Waals surface area (Å²) in [4.78, 5) is 0. The lowest BCUT2D eigenvalue weighted by molar-refractivity contribution is 1.27. The first-order chi connectivity index (χ1) is 3.50. The third kappa shape index (κ3) is 4.01. The normalized spacial score (nSPS) is 19.1. The van der Waals surface area contributed by atoms with E-state index in [0.717, 1.165) is 8.58 Å². The van der Waals surface area contributed by atoms with Crippen LogP contribution in [0.25, 0.3) is 0 Å². The van der Waals surface area contributed by atoms with Crippen LogP contribution in [0.2, 0.25) is 0 Å². The molecule has 1 aliphatic heterocycles. The van der Waals surface area contributed by atoms with Gasteiger partial charge in [0.1, 0.15) is 0 Å². The van der Waals surface area contributed by atoms with Crippen LogP contribution in [0, 0.1) is 0 Å². The highest BCUT2D eigenvalue weighted by atomic mass is 31.1. The van der Waals surface area contributed by atoms with Gasteiger partial charge in [0.15, 0.2) is 0 Å². The van der Waals surface area contributed by atoms with E-state index in [1.807, 2.05) is 13.8 Å². The Morgan fingerprint density at radius 3 is 2.29 bits per heavy atom. The van der Waals surface area contributed by atoms with Crippen molar-refractivity contribution in [2.45, 2.75) is 20.3 Å². The van der Waals surface area contributed by atoms with Crippen molar-refractivity contribution in [1.82, 2.24) is 0 Å². The summed E-state index contributed by atoms with van der Waals surface area (Å²) in [6.07, 6.45) is 5.00. The molecule has 0 aromatic rings. The molecule has 0 saturated heterocycles. The van der Waals surface area contributed by atoms with Gasteiger partial charge in [-0.15, -0.1) is 0 Å². The average molecular weight is 116 g/mol. The molecular weight excluding hydrogens is 103 g/mol. The van der Waals surface area contributed by atoms with E-state index in [4.69, 9.17) is 0 Å². The summed E-state index contributed by atoms with van der Waals surface area (Å²) in [5.41, 5.74) is 0. The molecule has 0 amide bonds. The van der Waals surface area contributed by atoms with Gasteiger partial charge in [-0.05, 0) is 12.6 Å². The van der Waals surface area contributed by atoms with Crippen LogP contribution in [0.15, 0.2) is 11.9 Å². The molecule has 1 heteroatoms. The van der Waals surface area contributed by atoms with Crippen LogP contribution in [-0.4, -0.2) is 6.16 Å². The Morgan fingerprint density at radius 1 is 1.43 bits per heavy atom. The maximum absolute atomic E-state index is 2.26. The van der Waals surface area contributed by atoms with Crippen molar-refractivity contribution in [2.24, 2.45) is 0 Å². The zero-order valence-corrected chi connectivity index (χ0v) is 6.07. The Morgan fingerprint density at radius 2 is 2.14 bits per heavy atom. The van der Waals surface area contributed by atoms with Gasteiger partial charge in [0.2, 0.25) is 0 Å². The van der Waals surface area contributed by atoms with E-state index in [1.165, 1.54) is 12.6 Å². The molecule has 1 atom stereocenters. The number of allylic oxidation sites excluding steroid dienone is 1. The quantitative estimate of drug-likeness (QED) is 0.427. The molecule has 1 rings (SSSR count). The van der Waals surface area contributed by atoms with E-state index in [9.17, 15) is 0 Å². The average Bonchev–Trinajstić information content (AvgIpc) is 2.23. The van der Waals surface area contributed by atoms with Gasteiger partial charge in [0, 0.05) is 0 Å². The largest absolute Gasteiger partial charge is 0.0984 e. The number of rotatable bonds is 0. The fourth-order valence-electron chi connectivity index (χ4n) is 0.417. The zero-order chi connectivity index (χ0) is 5.54. The highest BCUT2D eigenvalue weighted by Gasteiger charge is 1.84. The van der Waals surface area contributed by atoms with Gasteiger partial charge in [0.05, 0.1) is 0 Å². The maximum atomic E-state index is 2.26. The second-order valence-electron chi connectivity index (χ2n) is 1.15. The minimum atomic E-state index is 1.13. The predicted molar refractivity (Wildman–Crippen MR) is 38.3 cm³/mol. The summed E-state index contributed by atoms with van der Waals surface area (Å²) in [5, 5.41) is 0.